The number of rotatable bonds is 2. The summed E-state index contributed by atoms with van der Waals surface area (Å²) in [5.74, 6) is 1.94. The van der Waals surface area contributed by atoms with E-state index in [0.717, 1.165) is 11.5 Å². The number of hydrogen-bond acceptors (Lipinski definition) is 1. The Morgan fingerprint density at radius 1 is 0.500 bits per heavy atom. The fraction of sp³-hybridized carbons (Fsp3) is 0.0811. The average molecular weight is 487 g/mol. The predicted molar refractivity (Wildman–Crippen MR) is 160 cm³/mol. The van der Waals surface area contributed by atoms with E-state index in [2.05, 4.69) is 135 Å². The molecule has 7 aromatic carbocycles. The summed E-state index contributed by atoms with van der Waals surface area (Å²) in [7, 11) is 0. The Kier molecular flexibility index (Phi) is 4.35. The van der Waals surface area contributed by atoms with Crippen molar-refractivity contribution in [2.45, 2.75) is 19.3 Å². The van der Waals surface area contributed by atoms with Crippen LogP contribution in [0.15, 0.2) is 121 Å². The molecule has 0 saturated carbocycles. The first-order valence-electron chi connectivity index (χ1n) is 13.3. The van der Waals surface area contributed by atoms with E-state index in [4.69, 9.17) is 4.74 Å². The van der Waals surface area contributed by atoms with Crippen LogP contribution >= 0.6 is 0 Å². The quantitative estimate of drug-likeness (QED) is 0.221. The predicted octanol–water partition coefficient (Wildman–Crippen LogP) is 10.3. The molecule has 180 valence electrons. The Morgan fingerprint density at radius 2 is 1.08 bits per heavy atom. The monoisotopic (exact) mass is 486 g/mol. The summed E-state index contributed by atoms with van der Waals surface area (Å²) in [4.78, 5) is 0. The SMILES string of the molecule is CC1(C)c2ccccc2Oc2c1cc1ccc3c(-c4ccccc4)cc(-c4ccccc4)c4ccc2c1c34. The first-order valence-corrected chi connectivity index (χ1v) is 13.3. The highest BCUT2D eigenvalue weighted by Gasteiger charge is 2.35. The van der Waals surface area contributed by atoms with E-state index < -0.39 is 0 Å². The van der Waals surface area contributed by atoms with Gasteiger partial charge in [0.25, 0.3) is 0 Å². The van der Waals surface area contributed by atoms with Gasteiger partial charge in [-0.05, 0) is 68.1 Å². The lowest BCUT2D eigenvalue weighted by molar-refractivity contribution is 0.423. The van der Waals surface area contributed by atoms with Gasteiger partial charge in [0.05, 0.1) is 0 Å². The van der Waals surface area contributed by atoms with Gasteiger partial charge in [-0.3, -0.25) is 0 Å². The lowest BCUT2D eigenvalue weighted by Crippen LogP contribution is -2.24. The average Bonchev–Trinajstić information content (AvgIpc) is 2.97. The summed E-state index contributed by atoms with van der Waals surface area (Å²) in [6, 6.07) is 43.9. The molecular weight excluding hydrogens is 460 g/mol. The maximum atomic E-state index is 6.70. The molecule has 7 aromatic rings. The lowest BCUT2D eigenvalue weighted by Gasteiger charge is -2.35. The molecule has 0 fully saturated rings. The number of para-hydroxylation sites is 1. The highest BCUT2D eigenvalue weighted by molar-refractivity contribution is 6.29. The van der Waals surface area contributed by atoms with Crippen molar-refractivity contribution in [2.24, 2.45) is 0 Å². The van der Waals surface area contributed by atoms with Gasteiger partial charge in [-0.1, -0.05) is 111 Å². The van der Waals surface area contributed by atoms with Crippen LogP contribution in [0.4, 0.5) is 0 Å². The molecule has 0 atom stereocenters. The van der Waals surface area contributed by atoms with Gasteiger partial charge in [-0.25, -0.2) is 0 Å². The van der Waals surface area contributed by atoms with Crippen LogP contribution in [-0.4, -0.2) is 0 Å². The van der Waals surface area contributed by atoms with E-state index in [9.17, 15) is 0 Å². The number of hydrogen-bond donors (Lipinski definition) is 0. The molecule has 0 spiro atoms. The molecule has 0 aliphatic carbocycles. The highest BCUT2D eigenvalue weighted by Crippen LogP contribution is 2.53. The van der Waals surface area contributed by atoms with Crippen molar-refractivity contribution < 1.29 is 4.74 Å². The minimum Gasteiger partial charge on any atom is -0.456 e. The Balaban J connectivity index is 1.53. The molecule has 0 unspecified atom stereocenters. The van der Waals surface area contributed by atoms with Gasteiger partial charge in [0, 0.05) is 27.3 Å². The van der Waals surface area contributed by atoms with Crippen LogP contribution in [0.3, 0.4) is 0 Å². The van der Waals surface area contributed by atoms with Crippen LogP contribution in [0.2, 0.25) is 0 Å². The van der Waals surface area contributed by atoms with Crippen LogP contribution < -0.4 is 4.74 Å². The molecule has 38 heavy (non-hydrogen) atoms. The summed E-state index contributed by atoms with van der Waals surface area (Å²) in [5.41, 5.74) is 7.31. The van der Waals surface area contributed by atoms with Crippen LogP contribution in [-0.2, 0) is 5.41 Å². The van der Waals surface area contributed by atoms with Gasteiger partial charge < -0.3 is 4.74 Å². The fourth-order valence-electron chi connectivity index (χ4n) is 6.56. The zero-order valence-corrected chi connectivity index (χ0v) is 21.5. The third-order valence-electron chi connectivity index (χ3n) is 8.47. The molecule has 1 nitrogen and oxygen atoms in total. The van der Waals surface area contributed by atoms with Gasteiger partial charge in [-0.2, -0.15) is 0 Å². The van der Waals surface area contributed by atoms with Crippen LogP contribution in [0.25, 0.3) is 54.6 Å². The number of ether oxygens (including phenoxy) is 1. The summed E-state index contributed by atoms with van der Waals surface area (Å²) in [5, 5.41) is 7.59. The zero-order valence-electron chi connectivity index (χ0n) is 21.5. The molecule has 0 aromatic heterocycles. The molecule has 1 heterocycles. The normalized spacial score (nSPS) is 13.9. The van der Waals surface area contributed by atoms with Gasteiger partial charge in [0.1, 0.15) is 11.5 Å². The number of benzene rings is 7. The van der Waals surface area contributed by atoms with Gasteiger partial charge >= 0.3 is 0 Å². The Bertz CT molecular complexity index is 1940. The van der Waals surface area contributed by atoms with Crippen molar-refractivity contribution in [1.82, 2.24) is 0 Å². The second-order valence-corrected chi connectivity index (χ2v) is 10.9. The summed E-state index contributed by atoms with van der Waals surface area (Å²) in [6.07, 6.45) is 0. The van der Waals surface area contributed by atoms with Crippen molar-refractivity contribution in [3.8, 4) is 33.8 Å². The summed E-state index contributed by atoms with van der Waals surface area (Å²) >= 11 is 0. The standard InChI is InChI=1S/C37H26O/c1-37(2)31-15-9-10-16-33(31)38-36-28-20-19-27-30(24-13-7-4-8-14-24)22-29(23-11-5-3-6-12-23)26-18-17-25(21-32(36)37)34(28)35(26)27/h3-22H,1-2H3. The van der Waals surface area contributed by atoms with Crippen molar-refractivity contribution in [3.05, 3.63) is 132 Å². The first kappa shape index (κ1) is 21.5. The van der Waals surface area contributed by atoms with E-state index >= 15 is 0 Å². The second kappa shape index (κ2) is 7.69. The highest BCUT2D eigenvalue weighted by atomic mass is 16.5. The lowest BCUT2D eigenvalue weighted by atomic mass is 9.74. The van der Waals surface area contributed by atoms with Gasteiger partial charge in [-0.15, -0.1) is 0 Å². The molecule has 1 aliphatic heterocycles. The zero-order chi connectivity index (χ0) is 25.4. The van der Waals surface area contributed by atoms with Gasteiger partial charge in [0.15, 0.2) is 0 Å². The van der Waals surface area contributed by atoms with E-state index in [0.29, 0.717) is 0 Å². The Labute approximate surface area is 222 Å². The maximum Gasteiger partial charge on any atom is 0.139 e. The molecule has 0 radical (unpaired) electrons. The smallest absolute Gasteiger partial charge is 0.139 e. The van der Waals surface area contributed by atoms with Crippen molar-refractivity contribution in [3.63, 3.8) is 0 Å². The maximum absolute atomic E-state index is 6.70. The topological polar surface area (TPSA) is 9.23 Å². The van der Waals surface area contributed by atoms with E-state index in [-0.39, 0.29) is 5.41 Å². The Morgan fingerprint density at radius 3 is 1.76 bits per heavy atom. The van der Waals surface area contributed by atoms with Crippen molar-refractivity contribution in [1.29, 1.82) is 0 Å². The molecule has 0 saturated heterocycles. The van der Waals surface area contributed by atoms with E-state index in [1.807, 2.05) is 0 Å². The molecule has 0 bridgehead atoms. The van der Waals surface area contributed by atoms with Crippen LogP contribution in [0.5, 0.6) is 11.5 Å². The number of fused-ring (bicyclic) bond motifs is 3. The van der Waals surface area contributed by atoms with Crippen molar-refractivity contribution in [2.75, 3.05) is 0 Å². The molecule has 0 N–H and O–H groups in total. The minimum atomic E-state index is -0.154. The van der Waals surface area contributed by atoms with Crippen LogP contribution in [0, 0.1) is 0 Å². The Hall–Kier alpha value is -4.62. The van der Waals surface area contributed by atoms with E-state index in [1.54, 1.807) is 0 Å². The molecule has 1 heteroatoms. The molecule has 1 aliphatic rings. The molecular formula is C37H26O. The largest absolute Gasteiger partial charge is 0.456 e. The van der Waals surface area contributed by atoms with Crippen LogP contribution in [0.1, 0.15) is 25.0 Å². The third kappa shape index (κ3) is 2.87. The fourth-order valence-corrected chi connectivity index (χ4v) is 6.56. The molecule has 8 rings (SSSR count). The summed E-state index contributed by atoms with van der Waals surface area (Å²) < 4.78 is 6.70. The van der Waals surface area contributed by atoms with Crippen molar-refractivity contribution >= 4 is 32.3 Å². The minimum absolute atomic E-state index is 0.154. The van der Waals surface area contributed by atoms with Gasteiger partial charge in [0.2, 0.25) is 0 Å². The second-order valence-electron chi connectivity index (χ2n) is 10.9. The first-order chi connectivity index (χ1) is 18.6. The third-order valence-corrected chi connectivity index (χ3v) is 8.47. The summed E-state index contributed by atoms with van der Waals surface area (Å²) in [6.45, 7) is 4.62. The van der Waals surface area contributed by atoms with E-state index in [1.165, 1.54) is 65.7 Å². The molecule has 0 amide bonds.